The van der Waals surface area contributed by atoms with E-state index in [1.165, 1.54) is 6.08 Å². The zero-order valence-corrected chi connectivity index (χ0v) is 8.97. The third kappa shape index (κ3) is 3.85. The van der Waals surface area contributed by atoms with Crippen LogP contribution in [-0.4, -0.2) is 25.2 Å². The van der Waals surface area contributed by atoms with Gasteiger partial charge in [-0.2, -0.15) is 0 Å². The fraction of sp³-hybridized carbons (Fsp3) is 0.250. The second-order valence-electron chi connectivity index (χ2n) is 3.51. The zero-order chi connectivity index (χ0) is 11.3. The molecule has 0 aliphatic heterocycles. The Morgan fingerprint density at radius 3 is 2.40 bits per heavy atom. The number of hydrogen-bond donors (Lipinski definition) is 1. The Morgan fingerprint density at radius 1 is 1.33 bits per heavy atom. The molecule has 1 aromatic carbocycles. The molecule has 0 spiro atoms. The summed E-state index contributed by atoms with van der Waals surface area (Å²) in [5.41, 5.74) is 2.25. The second-order valence-corrected chi connectivity index (χ2v) is 3.51. The summed E-state index contributed by atoms with van der Waals surface area (Å²) in [5, 5.41) is 8.41. The SMILES string of the molecule is CN(C)c1ccc(C/C=C/C(=O)O)cc1. The van der Waals surface area contributed by atoms with E-state index in [0.29, 0.717) is 6.42 Å². The van der Waals surface area contributed by atoms with Crippen molar-refractivity contribution in [3.63, 3.8) is 0 Å². The molecule has 0 atom stereocenters. The lowest BCUT2D eigenvalue weighted by Crippen LogP contribution is -2.08. The minimum absolute atomic E-state index is 0.653. The highest BCUT2D eigenvalue weighted by molar-refractivity contribution is 5.79. The molecule has 0 radical (unpaired) electrons. The fourth-order valence-electron chi connectivity index (χ4n) is 1.23. The average Bonchev–Trinajstić information content (AvgIpc) is 2.18. The van der Waals surface area contributed by atoms with Crippen LogP contribution >= 0.6 is 0 Å². The van der Waals surface area contributed by atoms with Crippen LogP contribution in [0, 0.1) is 0 Å². The molecule has 15 heavy (non-hydrogen) atoms. The largest absolute Gasteiger partial charge is 0.478 e. The Labute approximate surface area is 89.6 Å². The zero-order valence-electron chi connectivity index (χ0n) is 8.97. The van der Waals surface area contributed by atoms with Gasteiger partial charge in [0.15, 0.2) is 0 Å². The molecule has 0 fully saturated rings. The molecule has 0 saturated carbocycles. The van der Waals surface area contributed by atoms with Gasteiger partial charge in [-0.05, 0) is 24.1 Å². The normalized spacial score (nSPS) is 10.5. The Hall–Kier alpha value is -1.77. The van der Waals surface area contributed by atoms with Crippen molar-refractivity contribution in [2.24, 2.45) is 0 Å². The lowest BCUT2D eigenvalue weighted by Gasteiger charge is -2.12. The number of anilines is 1. The van der Waals surface area contributed by atoms with Crippen molar-refractivity contribution in [2.75, 3.05) is 19.0 Å². The van der Waals surface area contributed by atoms with Crippen molar-refractivity contribution in [1.82, 2.24) is 0 Å². The Bertz CT molecular complexity index is 352. The van der Waals surface area contributed by atoms with E-state index in [0.717, 1.165) is 11.3 Å². The van der Waals surface area contributed by atoms with Crippen LogP contribution in [0.15, 0.2) is 36.4 Å². The number of aliphatic carboxylic acids is 1. The maximum absolute atomic E-state index is 10.2. The molecule has 1 N–H and O–H groups in total. The first-order valence-electron chi connectivity index (χ1n) is 4.75. The standard InChI is InChI=1S/C12H15NO2/c1-13(2)11-8-6-10(7-9-11)4-3-5-12(14)15/h3,5-9H,4H2,1-2H3,(H,14,15)/b5-3+. The topological polar surface area (TPSA) is 40.5 Å². The third-order valence-electron chi connectivity index (χ3n) is 2.07. The molecule has 80 valence electrons. The second kappa shape index (κ2) is 5.20. The number of carbonyl (C=O) groups is 1. The molecule has 0 bridgehead atoms. The number of nitrogens with zero attached hydrogens (tertiary/aromatic N) is 1. The van der Waals surface area contributed by atoms with Crippen molar-refractivity contribution in [1.29, 1.82) is 0 Å². The van der Waals surface area contributed by atoms with Crippen molar-refractivity contribution in [3.05, 3.63) is 42.0 Å². The monoisotopic (exact) mass is 205 g/mol. The van der Waals surface area contributed by atoms with Crippen LogP contribution in [0.3, 0.4) is 0 Å². The first kappa shape index (κ1) is 11.3. The van der Waals surface area contributed by atoms with Crippen LogP contribution in [-0.2, 0) is 11.2 Å². The van der Waals surface area contributed by atoms with E-state index in [1.54, 1.807) is 6.08 Å². The highest BCUT2D eigenvalue weighted by Crippen LogP contribution is 2.12. The maximum Gasteiger partial charge on any atom is 0.327 e. The van der Waals surface area contributed by atoms with Gasteiger partial charge in [0, 0.05) is 25.9 Å². The van der Waals surface area contributed by atoms with Gasteiger partial charge in [0.2, 0.25) is 0 Å². The molecule has 0 unspecified atom stereocenters. The maximum atomic E-state index is 10.2. The van der Waals surface area contributed by atoms with Gasteiger partial charge in [0.25, 0.3) is 0 Å². The van der Waals surface area contributed by atoms with Crippen molar-refractivity contribution < 1.29 is 9.90 Å². The average molecular weight is 205 g/mol. The van der Waals surface area contributed by atoms with E-state index >= 15 is 0 Å². The van der Waals surface area contributed by atoms with Crippen LogP contribution in [0.5, 0.6) is 0 Å². The van der Waals surface area contributed by atoms with Gasteiger partial charge in [0.05, 0.1) is 0 Å². The van der Waals surface area contributed by atoms with Gasteiger partial charge in [-0.25, -0.2) is 4.79 Å². The third-order valence-corrected chi connectivity index (χ3v) is 2.07. The molecule has 3 nitrogen and oxygen atoms in total. The predicted octanol–water partition coefficient (Wildman–Crippen LogP) is 1.94. The summed E-state index contributed by atoms with van der Waals surface area (Å²) in [7, 11) is 3.97. The van der Waals surface area contributed by atoms with E-state index < -0.39 is 5.97 Å². The van der Waals surface area contributed by atoms with Crippen molar-refractivity contribution in [3.8, 4) is 0 Å². The minimum Gasteiger partial charge on any atom is -0.478 e. The fourth-order valence-corrected chi connectivity index (χ4v) is 1.23. The summed E-state index contributed by atoms with van der Waals surface area (Å²) >= 11 is 0. The number of allylic oxidation sites excluding steroid dienone is 1. The van der Waals surface area contributed by atoms with Gasteiger partial charge in [-0.1, -0.05) is 18.2 Å². The number of carboxylic acid groups (broad SMARTS) is 1. The Morgan fingerprint density at radius 2 is 1.93 bits per heavy atom. The number of rotatable bonds is 4. The molecule has 0 aliphatic rings. The summed E-state index contributed by atoms with van der Waals surface area (Å²) in [6, 6.07) is 8.04. The smallest absolute Gasteiger partial charge is 0.327 e. The van der Waals surface area contributed by atoms with Crippen molar-refractivity contribution >= 4 is 11.7 Å². The molecule has 1 aromatic rings. The van der Waals surface area contributed by atoms with E-state index in [9.17, 15) is 4.79 Å². The Kier molecular flexibility index (Phi) is 3.92. The lowest BCUT2D eigenvalue weighted by molar-refractivity contribution is -0.131. The molecule has 0 aliphatic carbocycles. The van der Waals surface area contributed by atoms with E-state index in [4.69, 9.17) is 5.11 Å². The summed E-state index contributed by atoms with van der Waals surface area (Å²) in [6.07, 6.45) is 3.47. The number of hydrogen-bond acceptors (Lipinski definition) is 2. The van der Waals surface area contributed by atoms with Crippen LogP contribution in [0.1, 0.15) is 5.56 Å². The molecule has 3 heteroatoms. The summed E-state index contributed by atoms with van der Waals surface area (Å²) in [5.74, 6) is -0.903. The summed E-state index contributed by atoms with van der Waals surface area (Å²) in [4.78, 5) is 12.3. The van der Waals surface area contributed by atoms with E-state index in [1.807, 2.05) is 43.3 Å². The van der Waals surface area contributed by atoms with Crippen molar-refractivity contribution in [2.45, 2.75) is 6.42 Å². The van der Waals surface area contributed by atoms with Crippen LogP contribution < -0.4 is 4.90 Å². The highest BCUT2D eigenvalue weighted by Gasteiger charge is 1.94. The first-order chi connectivity index (χ1) is 7.09. The van der Waals surface area contributed by atoms with E-state index in [2.05, 4.69) is 0 Å². The minimum atomic E-state index is -0.903. The quantitative estimate of drug-likeness (QED) is 0.763. The van der Waals surface area contributed by atoms with Gasteiger partial charge >= 0.3 is 5.97 Å². The van der Waals surface area contributed by atoms with Gasteiger partial charge < -0.3 is 10.0 Å². The molecular formula is C12H15NO2. The molecule has 0 aromatic heterocycles. The van der Waals surface area contributed by atoms with Gasteiger partial charge in [-0.15, -0.1) is 0 Å². The van der Waals surface area contributed by atoms with Crippen LogP contribution in [0.2, 0.25) is 0 Å². The molecule has 1 rings (SSSR count). The Balaban J connectivity index is 2.61. The molecule has 0 saturated heterocycles. The number of carboxylic acids is 1. The first-order valence-corrected chi connectivity index (χ1v) is 4.75. The number of benzene rings is 1. The van der Waals surface area contributed by atoms with Gasteiger partial charge in [0.1, 0.15) is 0 Å². The van der Waals surface area contributed by atoms with Crippen LogP contribution in [0.25, 0.3) is 0 Å². The lowest BCUT2D eigenvalue weighted by atomic mass is 10.1. The highest BCUT2D eigenvalue weighted by atomic mass is 16.4. The molecular weight excluding hydrogens is 190 g/mol. The molecule has 0 amide bonds. The summed E-state index contributed by atoms with van der Waals surface area (Å²) in [6.45, 7) is 0. The van der Waals surface area contributed by atoms with Crippen LogP contribution in [0.4, 0.5) is 5.69 Å². The van der Waals surface area contributed by atoms with E-state index in [-0.39, 0.29) is 0 Å². The van der Waals surface area contributed by atoms with Gasteiger partial charge in [-0.3, -0.25) is 0 Å². The summed E-state index contributed by atoms with van der Waals surface area (Å²) < 4.78 is 0. The molecule has 0 heterocycles. The predicted molar refractivity (Wildman–Crippen MR) is 61.2 cm³/mol.